The second kappa shape index (κ2) is 2.49. The molecule has 4 heteroatoms. The van der Waals surface area contributed by atoms with Crippen molar-refractivity contribution >= 4 is 29.5 Å². The molecule has 0 aromatic rings. The third kappa shape index (κ3) is 3.53. The van der Waals surface area contributed by atoms with Crippen LogP contribution in [0, 0.1) is 0 Å². The quantitative estimate of drug-likeness (QED) is 0.444. The Labute approximate surface area is 54.4 Å². The molecule has 0 heterocycles. The lowest BCUT2D eigenvalue weighted by molar-refractivity contribution is 0.628. The first-order valence-electron chi connectivity index (χ1n) is 2.00. The Morgan fingerprint density at radius 3 is 1.86 bits per heavy atom. The first-order chi connectivity index (χ1) is 2.94. The first-order valence-corrected chi connectivity index (χ1v) is 5.97. The molecule has 0 saturated heterocycles. The van der Waals surface area contributed by atoms with Crippen LogP contribution >= 0.6 is 17.7 Å². The zero-order chi connectivity index (χ0) is 6.08. The van der Waals surface area contributed by atoms with Crippen molar-refractivity contribution in [3.05, 3.63) is 0 Å². The van der Waals surface area contributed by atoms with Gasteiger partial charge < -0.3 is 4.89 Å². The molecule has 1 atom stereocenters. The van der Waals surface area contributed by atoms with Crippen LogP contribution in [0.3, 0.4) is 0 Å². The molecule has 1 nitrogen and oxygen atoms in total. The van der Waals surface area contributed by atoms with Gasteiger partial charge in [-0.15, -0.1) is 12.2 Å². The van der Waals surface area contributed by atoms with Crippen LogP contribution in [0.2, 0.25) is 0 Å². The van der Waals surface area contributed by atoms with Crippen LogP contribution in [0.25, 0.3) is 0 Å². The van der Waals surface area contributed by atoms with Crippen molar-refractivity contribution in [2.24, 2.45) is 0 Å². The first kappa shape index (κ1) is 7.96. The molecular formula is C3H9OPS2. The van der Waals surface area contributed by atoms with Gasteiger partial charge in [0.15, 0.2) is 0 Å². The van der Waals surface area contributed by atoms with Crippen LogP contribution in [-0.2, 0) is 11.8 Å². The molecule has 0 radical (unpaired) electrons. The van der Waals surface area contributed by atoms with E-state index in [-0.39, 0.29) is 5.66 Å². The number of hydrogen-bond donors (Lipinski definition) is 2. The summed E-state index contributed by atoms with van der Waals surface area (Å²) in [5.74, 6) is 0. The lowest BCUT2D eigenvalue weighted by Gasteiger charge is -2.09. The average Bonchev–Trinajstić information content (AvgIpc) is 1.31. The van der Waals surface area contributed by atoms with Gasteiger partial charge in [-0.05, 0) is 0 Å². The lowest BCUT2D eigenvalue weighted by atomic mass is 10.6. The van der Waals surface area contributed by atoms with E-state index >= 15 is 0 Å². The SMILES string of the molecule is CC(C)P(O)(=S)S. The highest BCUT2D eigenvalue weighted by Crippen LogP contribution is 2.50. The topological polar surface area (TPSA) is 20.2 Å². The fourth-order valence-electron chi connectivity index (χ4n) is 0. The van der Waals surface area contributed by atoms with Crippen molar-refractivity contribution in [1.29, 1.82) is 0 Å². The number of rotatable bonds is 1. The van der Waals surface area contributed by atoms with Crippen molar-refractivity contribution in [3.63, 3.8) is 0 Å². The molecule has 0 spiro atoms. The van der Waals surface area contributed by atoms with Crippen LogP contribution in [0.5, 0.6) is 0 Å². The van der Waals surface area contributed by atoms with Gasteiger partial charge in [0.25, 0.3) is 0 Å². The van der Waals surface area contributed by atoms with Crippen molar-refractivity contribution in [2.75, 3.05) is 0 Å². The van der Waals surface area contributed by atoms with E-state index in [0.717, 1.165) is 0 Å². The van der Waals surface area contributed by atoms with Gasteiger partial charge in [0.2, 0.25) is 0 Å². The zero-order valence-corrected chi connectivity index (χ0v) is 6.93. The fraction of sp³-hybridized carbons (Fsp3) is 1.00. The molecule has 0 amide bonds. The standard InChI is InChI=1S/C3H9OPS2/c1-3(2)5(4,6)7/h3H,1-2H3,(H2,4,6,7). The maximum Gasteiger partial charge on any atom is 0.116 e. The van der Waals surface area contributed by atoms with Crippen molar-refractivity contribution in [1.82, 2.24) is 0 Å². The van der Waals surface area contributed by atoms with E-state index in [4.69, 9.17) is 4.89 Å². The third-order valence-electron chi connectivity index (χ3n) is 0.673. The Bertz CT molecular complexity index is 95.1. The van der Waals surface area contributed by atoms with Gasteiger partial charge >= 0.3 is 0 Å². The van der Waals surface area contributed by atoms with E-state index in [2.05, 4.69) is 24.1 Å². The summed E-state index contributed by atoms with van der Waals surface area (Å²) in [6, 6.07) is 0. The van der Waals surface area contributed by atoms with Gasteiger partial charge in [-0.2, -0.15) is 0 Å². The lowest BCUT2D eigenvalue weighted by Crippen LogP contribution is -1.88. The minimum Gasteiger partial charge on any atom is -0.357 e. The van der Waals surface area contributed by atoms with E-state index in [0.29, 0.717) is 0 Å². The fourth-order valence-corrected chi connectivity index (χ4v) is 0. The Balaban J connectivity index is 3.80. The molecule has 1 unspecified atom stereocenters. The average molecular weight is 156 g/mol. The monoisotopic (exact) mass is 156 g/mol. The molecule has 44 valence electrons. The van der Waals surface area contributed by atoms with E-state index in [1.165, 1.54) is 0 Å². The predicted molar refractivity (Wildman–Crippen MR) is 40.6 cm³/mol. The molecule has 0 aromatic heterocycles. The van der Waals surface area contributed by atoms with Gasteiger partial charge in [0, 0.05) is 5.66 Å². The summed E-state index contributed by atoms with van der Waals surface area (Å²) < 4.78 is 0. The van der Waals surface area contributed by atoms with E-state index < -0.39 is 5.47 Å². The zero-order valence-electron chi connectivity index (χ0n) is 4.33. The van der Waals surface area contributed by atoms with Crippen molar-refractivity contribution < 1.29 is 4.89 Å². The van der Waals surface area contributed by atoms with Gasteiger partial charge in [-0.1, -0.05) is 25.7 Å². The highest BCUT2D eigenvalue weighted by atomic mass is 32.9. The molecule has 0 aliphatic carbocycles. The molecule has 0 aliphatic heterocycles. The number of hydrogen-bond acceptors (Lipinski definition) is 1. The van der Waals surface area contributed by atoms with Gasteiger partial charge in [0.1, 0.15) is 5.47 Å². The maximum absolute atomic E-state index is 8.89. The molecule has 0 bridgehead atoms. The van der Waals surface area contributed by atoms with E-state index in [1.54, 1.807) is 0 Å². The Kier molecular flexibility index (Phi) is 2.83. The van der Waals surface area contributed by atoms with Crippen molar-refractivity contribution in [2.45, 2.75) is 19.5 Å². The Morgan fingerprint density at radius 2 is 1.86 bits per heavy atom. The highest BCUT2D eigenvalue weighted by molar-refractivity contribution is 8.61. The van der Waals surface area contributed by atoms with Crippen LogP contribution in [0.4, 0.5) is 0 Å². The molecular weight excluding hydrogens is 147 g/mol. The molecule has 0 aliphatic rings. The third-order valence-corrected chi connectivity index (χ3v) is 4.67. The Morgan fingerprint density at radius 1 is 1.71 bits per heavy atom. The second-order valence-electron chi connectivity index (χ2n) is 1.68. The van der Waals surface area contributed by atoms with Crippen LogP contribution in [-0.4, -0.2) is 10.6 Å². The summed E-state index contributed by atoms with van der Waals surface area (Å²) in [5.41, 5.74) is -2.07. The predicted octanol–water partition coefficient (Wildman–Crippen LogP) is 1.63. The summed E-state index contributed by atoms with van der Waals surface area (Å²) in [4.78, 5) is 8.89. The molecule has 7 heavy (non-hydrogen) atoms. The van der Waals surface area contributed by atoms with Crippen LogP contribution in [0.1, 0.15) is 13.8 Å². The summed E-state index contributed by atoms with van der Waals surface area (Å²) in [6.45, 7) is 3.74. The largest absolute Gasteiger partial charge is 0.357 e. The van der Waals surface area contributed by atoms with E-state index in [9.17, 15) is 0 Å². The maximum atomic E-state index is 8.89. The molecule has 0 fully saturated rings. The normalized spacial score (nSPS) is 19.6. The van der Waals surface area contributed by atoms with E-state index in [1.807, 2.05) is 13.8 Å². The minimum atomic E-state index is -2.21. The summed E-state index contributed by atoms with van der Waals surface area (Å²) in [6.07, 6.45) is 0. The van der Waals surface area contributed by atoms with Crippen molar-refractivity contribution in [3.8, 4) is 0 Å². The Hall–Kier alpha value is 0.960. The summed E-state index contributed by atoms with van der Waals surface area (Å²) >= 11 is 8.47. The smallest absolute Gasteiger partial charge is 0.116 e. The number of thiol groups is 1. The van der Waals surface area contributed by atoms with Crippen LogP contribution in [0.15, 0.2) is 0 Å². The van der Waals surface area contributed by atoms with Gasteiger partial charge in [-0.3, -0.25) is 0 Å². The van der Waals surface area contributed by atoms with Crippen LogP contribution < -0.4 is 0 Å². The summed E-state index contributed by atoms with van der Waals surface area (Å²) in [7, 11) is 0. The van der Waals surface area contributed by atoms with Gasteiger partial charge in [-0.25, -0.2) is 0 Å². The second-order valence-corrected chi connectivity index (χ2v) is 8.21. The molecule has 1 N–H and O–H groups in total. The molecule has 0 aromatic carbocycles. The summed E-state index contributed by atoms with van der Waals surface area (Å²) in [5, 5.41) is 0. The minimum absolute atomic E-state index is 0.144. The van der Waals surface area contributed by atoms with Gasteiger partial charge in [0.05, 0.1) is 0 Å². The highest BCUT2D eigenvalue weighted by Gasteiger charge is 2.09. The molecule has 0 saturated carbocycles. The molecule has 0 rings (SSSR count).